The minimum absolute atomic E-state index is 0.363. The van der Waals surface area contributed by atoms with Gasteiger partial charge in [-0.3, -0.25) is 4.90 Å². The van der Waals surface area contributed by atoms with E-state index in [4.69, 9.17) is 0 Å². The van der Waals surface area contributed by atoms with Gasteiger partial charge in [0, 0.05) is 23.0 Å². The summed E-state index contributed by atoms with van der Waals surface area (Å²) in [5, 5.41) is 0. The molecule has 2 rings (SSSR count). The Labute approximate surface area is 155 Å². The molecule has 0 radical (unpaired) electrons. The van der Waals surface area contributed by atoms with E-state index in [9.17, 15) is 0 Å². The SMILES string of the molecule is CC1N(C)C(C)C(C)(C2(N(C)C)CC2)C1(C)C.[I][V][I]. The van der Waals surface area contributed by atoms with Crippen LogP contribution in [0.2, 0.25) is 0 Å². The van der Waals surface area contributed by atoms with Gasteiger partial charge in [0.25, 0.3) is 0 Å². The molecular weight excluding hydrogens is 513 g/mol. The van der Waals surface area contributed by atoms with Crippen LogP contribution in [0.15, 0.2) is 0 Å². The van der Waals surface area contributed by atoms with E-state index < -0.39 is 0 Å². The summed E-state index contributed by atoms with van der Waals surface area (Å²) in [6.45, 7) is 12.3. The van der Waals surface area contributed by atoms with Crippen LogP contribution in [0, 0.1) is 10.8 Å². The van der Waals surface area contributed by atoms with Crippen molar-refractivity contribution in [1.29, 1.82) is 0 Å². The third-order valence-corrected chi connectivity index (χ3v) is 6.99. The van der Waals surface area contributed by atoms with Gasteiger partial charge in [0.1, 0.15) is 0 Å². The molecule has 20 heavy (non-hydrogen) atoms. The van der Waals surface area contributed by atoms with Gasteiger partial charge in [0.2, 0.25) is 0 Å². The first-order valence-electron chi connectivity index (χ1n) is 7.36. The van der Waals surface area contributed by atoms with E-state index in [-0.39, 0.29) is 0 Å². The van der Waals surface area contributed by atoms with Gasteiger partial charge in [-0.15, -0.1) is 0 Å². The fraction of sp³-hybridized carbons (Fsp3) is 1.00. The summed E-state index contributed by atoms with van der Waals surface area (Å²) in [7, 11) is 7.46. The zero-order chi connectivity index (χ0) is 15.9. The number of hydrogen-bond donors (Lipinski definition) is 0. The van der Waals surface area contributed by atoms with E-state index in [1.807, 2.05) is 0 Å². The second-order valence-corrected chi connectivity index (χ2v) is 19.2. The molecule has 5 heteroatoms. The van der Waals surface area contributed by atoms with E-state index in [1.54, 1.807) is 0 Å². The Bertz CT molecular complexity index is 341. The summed E-state index contributed by atoms with van der Waals surface area (Å²) in [6.07, 6.45) is 2.73. The van der Waals surface area contributed by atoms with Crippen molar-refractivity contribution in [2.75, 3.05) is 21.1 Å². The molecule has 1 aliphatic carbocycles. The molecule has 3 unspecified atom stereocenters. The molecule has 2 nitrogen and oxygen atoms in total. The van der Waals surface area contributed by atoms with Crippen LogP contribution in [-0.2, 0) is 9.47 Å². The van der Waals surface area contributed by atoms with Gasteiger partial charge >= 0.3 is 49.4 Å². The fourth-order valence-electron chi connectivity index (χ4n) is 4.76. The normalized spacial score (nSPS) is 38.4. The minimum atomic E-state index is 0.363. The van der Waals surface area contributed by atoms with Gasteiger partial charge in [0.05, 0.1) is 0 Å². The molecule has 0 N–H and O–H groups in total. The molecule has 0 aromatic heterocycles. The number of rotatable bonds is 2. The van der Waals surface area contributed by atoms with E-state index >= 15 is 0 Å². The Kier molecular flexibility index (Phi) is 6.84. The zero-order valence-corrected chi connectivity index (χ0v) is 19.9. The molecule has 0 aromatic rings. The van der Waals surface area contributed by atoms with Crippen molar-refractivity contribution >= 4 is 40.0 Å². The Hall–Kier alpha value is 1.96. The Morgan fingerprint density at radius 3 is 1.65 bits per heavy atom. The number of nitrogens with zero attached hydrogens (tertiary/aromatic N) is 2. The summed E-state index contributed by atoms with van der Waals surface area (Å²) in [4.78, 5) is 5.08. The number of likely N-dealkylation sites (tertiary alicyclic amines) is 1. The molecule has 0 bridgehead atoms. The van der Waals surface area contributed by atoms with Crippen LogP contribution in [0.1, 0.15) is 47.5 Å². The third-order valence-electron chi connectivity index (χ3n) is 6.99. The average Bonchev–Trinajstić information content (AvgIpc) is 3.14. The first-order valence-corrected chi connectivity index (χ1v) is 16.4. The fourth-order valence-corrected chi connectivity index (χ4v) is 4.76. The molecule has 0 amide bonds. The van der Waals surface area contributed by atoms with Crippen LogP contribution < -0.4 is 0 Å². The molecule has 1 saturated carbocycles. The Morgan fingerprint density at radius 1 is 1.05 bits per heavy atom. The second-order valence-electron chi connectivity index (χ2n) is 7.43. The molecule has 0 spiro atoms. The van der Waals surface area contributed by atoms with E-state index in [0.29, 0.717) is 37.9 Å². The average molecular weight is 543 g/mol. The predicted octanol–water partition coefficient (Wildman–Crippen LogP) is 4.60. The molecule has 3 atom stereocenters. The van der Waals surface area contributed by atoms with Crippen molar-refractivity contribution in [3.63, 3.8) is 0 Å². The maximum atomic E-state index is 2.59. The van der Waals surface area contributed by atoms with Crippen molar-refractivity contribution < 1.29 is 9.47 Å². The van der Waals surface area contributed by atoms with Crippen LogP contribution in [0.25, 0.3) is 0 Å². The van der Waals surface area contributed by atoms with Crippen molar-refractivity contribution in [2.45, 2.75) is 65.1 Å². The Balaban J connectivity index is 0.000000612. The van der Waals surface area contributed by atoms with Crippen molar-refractivity contribution in [1.82, 2.24) is 9.80 Å². The van der Waals surface area contributed by atoms with Crippen LogP contribution in [0.5, 0.6) is 0 Å². The summed E-state index contributed by atoms with van der Waals surface area (Å²) in [6, 6.07) is 1.30. The molecule has 1 aliphatic heterocycles. The van der Waals surface area contributed by atoms with Crippen molar-refractivity contribution in [3.8, 4) is 0 Å². The second kappa shape index (κ2) is 6.84. The summed E-state index contributed by atoms with van der Waals surface area (Å²) in [5.41, 5.74) is 1.16. The molecule has 0 aromatic carbocycles. The zero-order valence-electron chi connectivity index (χ0n) is 14.2. The van der Waals surface area contributed by atoms with E-state index in [1.165, 1.54) is 12.8 Å². The molecule has 119 valence electrons. The topological polar surface area (TPSA) is 6.48 Å². The summed E-state index contributed by atoms with van der Waals surface area (Å²) >= 11 is 4.74. The number of halogens is 2. The molecular formula is C15H30I2N2V. The molecule has 1 saturated heterocycles. The molecule has 2 aliphatic rings. The van der Waals surface area contributed by atoms with Crippen LogP contribution in [-0.4, -0.2) is 48.6 Å². The van der Waals surface area contributed by atoms with Gasteiger partial charge in [-0.25, -0.2) is 0 Å². The van der Waals surface area contributed by atoms with E-state index in [0.717, 1.165) is 0 Å². The number of hydrogen-bond acceptors (Lipinski definition) is 2. The van der Waals surface area contributed by atoms with Gasteiger partial charge in [-0.05, 0) is 53.2 Å². The van der Waals surface area contributed by atoms with Crippen molar-refractivity contribution in [3.05, 3.63) is 0 Å². The first-order chi connectivity index (χ1) is 9.04. The van der Waals surface area contributed by atoms with Gasteiger partial charge in [-0.2, -0.15) is 0 Å². The third kappa shape index (κ3) is 2.76. The van der Waals surface area contributed by atoms with Crippen LogP contribution in [0.3, 0.4) is 0 Å². The first kappa shape index (κ1) is 20.0. The van der Waals surface area contributed by atoms with Gasteiger partial charge in [0.15, 0.2) is 0 Å². The standard InChI is InChI=1S/C15H30N2.2HI.V/c1-11-13(3,4)14(5,12(2)17(11)8)15(9-10-15)16(6)7;;;/h11-12H,9-10H2,1-8H3;2*1H;/q;;;+2/p-2. The predicted molar refractivity (Wildman–Crippen MR) is 102 cm³/mol. The van der Waals surface area contributed by atoms with Crippen molar-refractivity contribution in [2.24, 2.45) is 10.8 Å². The Morgan fingerprint density at radius 2 is 1.45 bits per heavy atom. The van der Waals surface area contributed by atoms with Gasteiger partial charge in [-0.1, -0.05) is 20.8 Å². The van der Waals surface area contributed by atoms with Crippen LogP contribution >= 0.6 is 40.0 Å². The van der Waals surface area contributed by atoms with Crippen LogP contribution in [0.4, 0.5) is 0 Å². The monoisotopic (exact) mass is 543 g/mol. The quantitative estimate of drug-likeness (QED) is 0.470. The van der Waals surface area contributed by atoms with E-state index in [2.05, 4.69) is 106 Å². The summed E-state index contributed by atoms with van der Waals surface area (Å²) < 4.78 is 0. The van der Waals surface area contributed by atoms with Gasteiger partial charge < -0.3 is 4.90 Å². The summed E-state index contributed by atoms with van der Waals surface area (Å²) in [5.74, 6) is 0. The molecule has 1 heterocycles. The maximum absolute atomic E-state index is 2.59. The molecule has 2 fully saturated rings.